The largest absolute Gasteiger partial charge is 0.481 e. The van der Waals surface area contributed by atoms with Gasteiger partial charge in [-0.1, -0.05) is 6.07 Å². The molecule has 0 unspecified atom stereocenters. The number of nitrogen functional groups attached to an aromatic ring is 1. The lowest BCUT2D eigenvalue weighted by Gasteiger charge is -2.08. The molecule has 9 nitrogen and oxygen atoms in total. The third-order valence-electron chi connectivity index (χ3n) is 2.98. The number of ether oxygens (including phenoxy) is 2. The minimum absolute atomic E-state index is 0.214. The molecule has 9 heteroatoms. The number of hydrogen-bond acceptors (Lipinski definition) is 8. The van der Waals surface area contributed by atoms with Gasteiger partial charge in [-0.05, 0) is 18.2 Å². The van der Waals surface area contributed by atoms with Crippen LogP contribution in [0.1, 0.15) is 0 Å². The van der Waals surface area contributed by atoms with Gasteiger partial charge in [0.05, 0.1) is 14.2 Å². The first-order valence-corrected chi connectivity index (χ1v) is 6.71. The summed E-state index contributed by atoms with van der Waals surface area (Å²) in [6, 6.07) is 8.88. The van der Waals surface area contributed by atoms with Crippen molar-refractivity contribution in [1.29, 1.82) is 0 Å². The summed E-state index contributed by atoms with van der Waals surface area (Å²) in [4.78, 5) is 12.5. The van der Waals surface area contributed by atoms with E-state index in [0.717, 1.165) is 0 Å². The van der Waals surface area contributed by atoms with Crippen LogP contribution in [0, 0.1) is 0 Å². The van der Waals surface area contributed by atoms with Gasteiger partial charge in [-0.3, -0.25) is 0 Å². The first-order valence-electron chi connectivity index (χ1n) is 6.71. The van der Waals surface area contributed by atoms with Crippen molar-refractivity contribution >= 4 is 17.6 Å². The Morgan fingerprint density at radius 2 is 1.96 bits per heavy atom. The van der Waals surface area contributed by atoms with Gasteiger partial charge in [0.25, 0.3) is 0 Å². The average Bonchev–Trinajstić information content (AvgIpc) is 2.96. The summed E-state index contributed by atoms with van der Waals surface area (Å²) in [5, 5.41) is 7.30. The van der Waals surface area contributed by atoms with E-state index < -0.39 is 0 Å². The van der Waals surface area contributed by atoms with Crippen molar-refractivity contribution < 1.29 is 9.47 Å². The Balaban J connectivity index is 1.90. The molecule has 0 fully saturated rings. The molecule has 3 rings (SSSR count). The second kappa shape index (κ2) is 6.18. The lowest BCUT2D eigenvalue weighted by Crippen LogP contribution is -2.04. The highest BCUT2D eigenvalue weighted by Crippen LogP contribution is 2.27. The molecule has 0 saturated carbocycles. The highest BCUT2D eigenvalue weighted by atomic mass is 16.5. The maximum Gasteiger partial charge on any atom is 0.249 e. The molecule has 0 bridgehead atoms. The van der Waals surface area contributed by atoms with Crippen LogP contribution in [-0.2, 0) is 0 Å². The number of aromatic nitrogens is 5. The second-order valence-electron chi connectivity index (χ2n) is 4.43. The van der Waals surface area contributed by atoms with Gasteiger partial charge < -0.3 is 20.5 Å². The fourth-order valence-corrected chi connectivity index (χ4v) is 1.93. The van der Waals surface area contributed by atoms with E-state index in [1.807, 2.05) is 12.1 Å². The summed E-state index contributed by atoms with van der Waals surface area (Å²) in [5.41, 5.74) is 6.48. The summed E-state index contributed by atoms with van der Waals surface area (Å²) < 4.78 is 11.7. The lowest BCUT2D eigenvalue weighted by atomic mass is 10.4. The van der Waals surface area contributed by atoms with Crippen LogP contribution in [0.4, 0.5) is 17.6 Å². The maximum atomic E-state index is 5.89. The van der Waals surface area contributed by atoms with Crippen molar-refractivity contribution in [2.45, 2.75) is 0 Å². The molecule has 3 aromatic rings. The summed E-state index contributed by atoms with van der Waals surface area (Å²) in [7, 11) is 3.05. The van der Waals surface area contributed by atoms with Crippen LogP contribution in [0.25, 0.3) is 5.82 Å². The van der Waals surface area contributed by atoms with Gasteiger partial charge in [0, 0.05) is 12.3 Å². The van der Waals surface area contributed by atoms with Gasteiger partial charge in [-0.15, -0.1) is 5.10 Å². The van der Waals surface area contributed by atoms with Crippen molar-refractivity contribution in [2.75, 3.05) is 25.3 Å². The third kappa shape index (κ3) is 2.98. The van der Waals surface area contributed by atoms with Crippen LogP contribution < -0.4 is 20.5 Å². The zero-order valence-corrected chi connectivity index (χ0v) is 12.6. The Morgan fingerprint density at radius 1 is 1.09 bits per heavy atom. The zero-order valence-electron chi connectivity index (χ0n) is 12.6. The van der Waals surface area contributed by atoms with E-state index in [1.165, 1.54) is 18.9 Å². The summed E-state index contributed by atoms with van der Waals surface area (Å²) >= 11 is 0. The van der Waals surface area contributed by atoms with E-state index in [-0.39, 0.29) is 5.95 Å². The standard InChI is InChI=1S/C14H15N7O2/c1-22-11-7-6-9(12(18-11)23-2)17-14-19-13(15)21(20-14)10-5-3-4-8-16-10/h3-8H,1-2H3,(H3,15,17,19,20). The Kier molecular flexibility index (Phi) is 3.91. The number of nitrogens with zero attached hydrogens (tertiary/aromatic N) is 5. The second-order valence-corrected chi connectivity index (χ2v) is 4.43. The zero-order chi connectivity index (χ0) is 16.2. The summed E-state index contributed by atoms with van der Waals surface area (Å²) in [6.07, 6.45) is 1.65. The summed E-state index contributed by atoms with van der Waals surface area (Å²) in [5.74, 6) is 1.89. The molecule has 0 amide bonds. The highest BCUT2D eigenvalue weighted by molar-refractivity contribution is 5.61. The van der Waals surface area contributed by atoms with E-state index in [9.17, 15) is 0 Å². The highest BCUT2D eigenvalue weighted by Gasteiger charge is 2.13. The number of methoxy groups -OCH3 is 2. The van der Waals surface area contributed by atoms with Gasteiger partial charge in [0.2, 0.25) is 23.7 Å². The van der Waals surface area contributed by atoms with Gasteiger partial charge in [-0.25, -0.2) is 4.98 Å². The number of pyridine rings is 2. The molecular formula is C14H15N7O2. The average molecular weight is 313 g/mol. The normalized spacial score (nSPS) is 10.3. The van der Waals surface area contributed by atoms with Crippen molar-refractivity contribution in [2.24, 2.45) is 0 Å². The molecule has 0 aromatic carbocycles. The molecule has 0 aliphatic rings. The van der Waals surface area contributed by atoms with Crippen LogP contribution in [0.15, 0.2) is 36.5 Å². The van der Waals surface area contributed by atoms with Crippen LogP contribution in [0.5, 0.6) is 11.8 Å². The predicted molar refractivity (Wildman–Crippen MR) is 84.2 cm³/mol. The quantitative estimate of drug-likeness (QED) is 0.726. The predicted octanol–water partition coefficient (Wildman–Crippen LogP) is 1.40. The van der Waals surface area contributed by atoms with E-state index in [1.54, 1.807) is 24.4 Å². The molecule has 23 heavy (non-hydrogen) atoms. The van der Waals surface area contributed by atoms with Gasteiger partial charge in [-0.2, -0.15) is 14.6 Å². The number of rotatable bonds is 5. The molecule has 3 heterocycles. The van der Waals surface area contributed by atoms with Crippen molar-refractivity contribution in [3.8, 4) is 17.6 Å². The van der Waals surface area contributed by atoms with E-state index in [2.05, 4.69) is 25.4 Å². The van der Waals surface area contributed by atoms with Crippen molar-refractivity contribution in [1.82, 2.24) is 24.7 Å². The molecular weight excluding hydrogens is 298 g/mol. The Hall–Kier alpha value is -3.36. The smallest absolute Gasteiger partial charge is 0.249 e. The molecule has 0 spiro atoms. The minimum atomic E-state index is 0.214. The molecule has 118 valence electrons. The number of nitrogens with one attached hydrogen (secondary N) is 1. The fourth-order valence-electron chi connectivity index (χ4n) is 1.93. The Bertz CT molecular complexity index is 804. The van der Waals surface area contributed by atoms with Crippen molar-refractivity contribution in [3.05, 3.63) is 36.5 Å². The molecule has 0 aliphatic heterocycles. The molecule has 3 aromatic heterocycles. The lowest BCUT2D eigenvalue weighted by molar-refractivity contribution is 0.366. The molecule has 3 N–H and O–H groups in total. The van der Waals surface area contributed by atoms with Crippen molar-refractivity contribution in [3.63, 3.8) is 0 Å². The summed E-state index contributed by atoms with van der Waals surface area (Å²) in [6.45, 7) is 0. The van der Waals surface area contributed by atoms with Crippen LogP contribution in [0.3, 0.4) is 0 Å². The molecule has 0 aliphatic carbocycles. The van der Waals surface area contributed by atoms with Gasteiger partial charge in [0.1, 0.15) is 5.69 Å². The minimum Gasteiger partial charge on any atom is -0.481 e. The first kappa shape index (κ1) is 14.6. The number of hydrogen-bond donors (Lipinski definition) is 2. The monoisotopic (exact) mass is 313 g/mol. The van der Waals surface area contributed by atoms with E-state index in [4.69, 9.17) is 15.2 Å². The topological polar surface area (TPSA) is 113 Å². The van der Waals surface area contributed by atoms with E-state index in [0.29, 0.717) is 29.2 Å². The fraction of sp³-hybridized carbons (Fsp3) is 0.143. The van der Waals surface area contributed by atoms with Gasteiger partial charge in [0.15, 0.2) is 5.82 Å². The maximum absolute atomic E-state index is 5.89. The molecule has 0 saturated heterocycles. The van der Waals surface area contributed by atoms with Gasteiger partial charge >= 0.3 is 0 Å². The number of nitrogens with two attached hydrogens (primary N) is 1. The van der Waals surface area contributed by atoms with E-state index >= 15 is 0 Å². The number of anilines is 3. The SMILES string of the molecule is COc1ccc(Nc2nc(N)n(-c3ccccn3)n2)c(OC)n1. The third-order valence-corrected chi connectivity index (χ3v) is 2.98. The molecule has 0 atom stereocenters. The molecule has 0 radical (unpaired) electrons. The van der Waals surface area contributed by atoms with Crippen LogP contribution >= 0.6 is 0 Å². The van der Waals surface area contributed by atoms with Crippen LogP contribution in [0.2, 0.25) is 0 Å². The first-order chi connectivity index (χ1) is 11.2. The Morgan fingerprint density at radius 3 is 2.65 bits per heavy atom. The Labute approximate surface area is 132 Å². The van der Waals surface area contributed by atoms with Crippen LogP contribution in [-0.4, -0.2) is 39.0 Å².